The summed E-state index contributed by atoms with van der Waals surface area (Å²) in [6.07, 6.45) is -3.24. The first-order chi connectivity index (χ1) is 7.49. The van der Waals surface area contributed by atoms with E-state index in [2.05, 4.69) is 4.74 Å². The van der Waals surface area contributed by atoms with E-state index in [0.717, 1.165) is 7.11 Å². The Hall–Kier alpha value is -0.810. The number of ether oxygens (including phenoxy) is 1. The molecule has 16 heavy (non-hydrogen) atoms. The lowest BCUT2D eigenvalue weighted by Crippen LogP contribution is -2.29. The number of carbonyl (C=O) groups excluding carboxylic acids is 1. The van der Waals surface area contributed by atoms with Crippen molar-refractivity contribution in [1.29, 1.82) is 0 Å². The van der Waals surface area contributed by atoms with Crippen molar-refractivity contribution in [2.75, 3.05) is 7.11 Å². The minimum absolute atomic E-state index is 0.101. The Labute approximate surface area is 102 Å². The molecule has 2 N–H and O–H groups in total. The molecule has 2 atom stereocenters. The molecule has 0 aliphatic rings. The zero-order chi connectivity index (χ0) is 12.3. The maximum Gasteiger partial charge on any atom is 0.337 e. The van der Waals surface area contributed by atoms with Gasteiger partial charge in [-0.05, 0) is 12.1 Å². The van der Waals surface area contributed by atoms with Crippen LogP contribution < -0.4 is 0 Å². The molecule has 0 bridgehead atoms. The van der Waals surface area contributed by atoms with Gasteiger partial charge in [0.1, 0.15) is 6.10 Å². The first-order valence-corrected chi connectivity index (χ1v) is 5.12. The summed E-state index contributed by atoms with van der Waals surface area (Å²) in [6, 6.07) is 4.58. The van der Waals surface area contributed by atoms with Gasteiger partial charge in [0, 0.05) is 15.6 Å². The maximum atomic E-state index is 11.0. The number of carbonyl (C=O) groups is 1. The van der Waals surface area contributed by atoms with Gasteiger partial charge in [0.05, 0.1) is 7.11 Å². The quantitative estimate of drug-likeness (QED) is 0.814. The van der Waals surface area contributed by atoms with Gasteiger partial charge in [0.25, 0.3) is 0 Å². The number of hydrogen-bond acceptors (Lipinski definition) is 4. The monoisotopic (exact) mass is 264 g/mol. The summed E-state index contributed by atoms with van der Waals surface area (Å²) in [5.74, 6) is -0.955. The lowest BCUT2D eigenvalue weighted by Gasteiger charge is -2.18. The fourth-order valence-corrected chi connectivity index (χ4v) is 1.82. The molecule has 1 aromatic rings. The van der Waals surface area contributed by atoms with Gasteiger partial charge in [0.15, 0.2) is 6.10 Å². The molecule has 1 aromatic carbocycles. The van der Waals surface area contributed by atoms with Gasteiger partial charge in [0.2, 0.25) is 0 Å². The lowest BCUT2D eigenvalue weighted by atomic mass is 10.0. The van der Waals surface area contributed by atoms with Gasteiger partial charge in [-0.1, -0.05) is 29.3 Å². The Kier molecular flexibility index (Phi) is 4.56. The van der Waals surface area contributed by atoms with Crippen LogP contribution in [0.25, 0.3) is 0 Å². The van der Waals surface area contributed by atoms with Gasteiger partial charge in [-0.3, -0.25) is 0 Å². The molecule has 0 saturated heterocycles. The summed E-state index contributed by atoms with van der Waals surface area (Å²) in [6.45, 7) is 0. The fourth-order valence-electron chi connectivity index (χ4n) is 1.20. The van der Waals surface area contributed by atoms with Crippen molar-refractivity contribution in [2.45, 2.75) is 12.2 Å². The Balaban J connectivity index is 3.04. The molecule has 0 aliphatic carbocycles. The Morgan fingerprint density at radius 3 is 2.25 bits per heavy atom. The minimum Gasteiger partial charge on any atom is -0.467 e. The van der Waals surface area contributed by atoms with Crippen molar-refractivity contribution >= 4 is 29.2 Å². The van der Waals surface area contributed by atoms with Crippen LogP contribution in [0, 0.1) is 0 Å². The lowest BCUT2D eigenvalue weighted by molar-refractivity contribution is -0.156. The van der Waals surface area contributed by atoms with Crippen LogP contribution in [0.3, 0.4) is 0 Å². The summed E-state index contributed by atoms with van der Waals surface area (Å²) in [4.78, 5) is 11.0. The van der Waals surface area contributed by atoms with E-state index in [1.807, 2.05) is 0 Å². The zero-order valence-electron chi connectivity index (χ0n) is 8.35. The molecule has 0 unspecified atom stereocenters. The van der Waals surface area contributed by atoms with Gasteiger partial charge in [-0.15, -0.1) is 0 Å². The molecule has 88 valence electrons. The van der Waals surface area contributed by atoms with Crippen LogP contribution in [0.1, 0.15) is 11.7 Å². The summed E-state index contributed by atoms with van der Waals surface area (Å²) in [5, 5.41) is 19.5. The number of methoxy groups -OCH3 is 1. The van der Waals surface area contributed by atoms with E-state index in [4.69, 9.17) is 23.2 Å². The summed E-state index contributed by atoms with van der Waals surface area (Å²) >= 11 is 11.6. The van der Waals surface area contributed by atoms with E-state index in [9.17, 15) is 15.0 Å². The maximum absolute atomic E-state index is 11.0. The molecule has 0 spiro atoms. The van der Waals surface area contributed by atoms with E-state index >= 15 is 0 Å². The molecule has 0 radical (unpaired) electrons. The van der Waals surface area contributed by atoms with Crippen LogP contribution >= 0.6 is 23.2 Å². The van der Waals surface area contributed by atoms with Crippen molar-refractivity contribution in [3.63, 3.8) is 0 Å². The first-order valence-electron chi connectivity index (χ1n) is 4.37. The molecule has 0 amide bonds. The van der Waals surface area contributed by atoms with Crippen molar-refractivity contribution in [1.82, 2.24) is 0 Å². The molecule has 1 rings (SSSR count). The molecular weight excluding hydrogens is 255 g/mol. The first kappa shape index (κ1) is 13.3. The summed E-state index contributed by atoms with van der Waals surface area (Å²) in [7, 11) is 1.10. The molecule has 0 saturated carbocycles. The zero-order valence-corrected chi connectivity index (χ0v) is 9.87. The van der Waals surface area contributed by atoms with E-state index in [1.54, 1.807) is 6.07 Å². The van der Waals surface area contributed by atoms with E-state index in [0.29, 0.717) is 0 Å². The second kappa shape index (κ2) is 5.50. The Morgan fingerprint density at radius 1 is 1.31 bits per heavy atom. The largest absolute Gasteiger partial charge is 0.467 e. The number of aliphatic hydroxyl groups is 2. The van der Waals surface area contributed by atoms with Crippen LogP contribution in [0.15, 0.2) is 18.2 Å². The highest BCUT2D eigenvalue weighted by molar-refractivity contribution is 6.36. The average molecular weight is 265 g/mol. The molecular formula is C10H10Cl2O4. The third kappa shape index (κ3) is 2.65. The number of rotatable bonds is 3. The van der Waals surface area contributed by atoms with Crippen molar-refractivity contribution in [2.24, 2.45) is 0 Å². The van der Waals surface area contributed by atoms with Crippen LogP contribution in [-0.2, 0) is 9.53 Å². The van der Waals surface area contributed by atoms with E-state index < -0.39 is 18.2 Å². The number of esters is 1. The average Bonchev–Trinajstić information content (AvgIpc) is 2.26. The van der Waals surface area contributed by atoms with Crippen molar-refractivity contribution in [3.05, 3.63) is 33.8 Å². The van der Waals surface area contributed by atoms with Crippen molar-refractivity contribution < 1.29 is 19.7 Å². The van der Waals surface area contributed by atoms with Gasteiger partial charge in [-0.25, -0.2) is 4.79 Å². The molecule has 4 nitrogen and oxygen atoms in total. The smallest absolute Gasteiger partial charge is 0.337 e. The third-order valence-electron chi connectivity index (χ3n) is 2.04. The topological polar surface area (TPSA) is 66.8 Å². The van der Waals surface area contributed by atoms with E-state index in [1.165, 1.54) is 12.1 Å². The normalized spacial score (nSPS) is 14.3. The highest BCUT2D eigenvalue weighted by atomic mass is 35.5. The predicted molar refractivity (Wildman–Crippen MR) is 59.4 cm³/mol. The third-order valence-corrected chi connectivity index (χ3v) is 2.70. The number of halogens is 2. The highest BCUT2D eigenvalue weighted by Gasteiger charge is 2.29. The Morgan fingerprint density at radius 2 is 1.81 bits per heavy atom. The molecule has 6 heteroatoms. The van der Waals surface area contributed by atoms with Crippen LogP contribution in [0.4, 0.5) is 0 Å². The van der Waals surface area contributed by atoms with Gasteiger partial charge < -0.3 is 14.9 Å². The predicted octanol–water partition coefficient (Wildman–Crippen LogP) is 1.56. The Bertz CT molecular complexity index is 374. The van der Waals surface area contributed by atoms with Crippen LogP contribution in [0.5, 0.6) is 0 Å². The molecule has 0 heterocycles. The summed E-state index contributed by atoms with van der Waals surface area (Å²) in [5.41, 5.74) is 0.101. The van der Waals surface area contributed by atoms with Crippen LogP contribution in [0.2, 0.25) is 10.0 Å². The molecule has 0 aromatic heterocycles. The van der Waals surface area contributed by atoms with Crippen molar-refractivity contribution in [3.8, 4) is 0 Å². The second-order valence-electron chi connectivity index (χ2n) is 3.05. The molecule has 0 fully saturated rings. The SMILES string of the molecule is COC(=O)[C@@H](O)[C@H](O)c1c(Cl)cccc1Cl. The fraction of sp³-hybridized carbons (Fsp3) is 0.300. The number of hydrogen-bond donors (Lipinski definition) is 2. The second-order valence-corrected chi connectivity index (χ2v) is 3.86. The van der Waals surface area contributed by atoms with Crippen LogP contribution in [-0.4, -0.2) is 29.4 Å². The van der Waals surface area contributed by atoms with Gasteiger partial charge in [-0.2, -0.15) is 0 Å². The van der Waals surface area contributed by atoms with Gasteiger partial charge >= 0.3 is 5.97 Å². The number of benzene rings is 1. The number of aliphatic hydroxyl groups excluding tert-OH is 2. The van der Waals surface area contributed by atoms with E-state index in [-0.39, 0.29) is 15.6 Å². The highest BCUT2D eigenvalue weighted by Crippen LogP contribution is 2.32. The minimum atomic E-state index is -1.72. The summed E-state index contributed by atoms with van der Waals surface area (Å²) < 4.78 is 4.30. The standard InChI is InChI=1S/C10H10Cl2O4/c1-16-10(15)9(14)8(13)7-5(11)3-2-4-6(7)12/h2-4,8-9,13-14H,1H3/t8-,9+/m1/s1. The molecule has 0 aliphatic heterocycles.